The maximum atomic E-state index is 9.87. The molecule has 1 aliphatic rings. The quantitative estimate of drug-likeness (QED) is 0.335. The Hall–Kier alpha value is 0.560. The Kier molecular flexibility index (Phi) is 4.71. The summed E-state index contributed by atoms with van der Waals surface area (Å²) in [6, 6.07) is 0. The molecule has 19 heavy (non-hydrogen) atoms. The van der Waals surface area contributed by atoms with E-state index in [9.17, 15) is 25.2 Å². The summed E-state index contributed by atoms with van der Waals surface area (Å²) in [6.45, 7) is 0. The Morgan fingerprint density at radius 1 is 0.842 bits per heavy atom. The van der Waals surface area contributed by atoms with Crippen LogP contribution in [-0.2, 0) is 0 Å². The van der Waals surface area contributed by atoms with E-state index < -0.39 is 7.81 Å². The fraction of sp³-hybridized carbons (Fsp3) is 0.571. The molecule has 0 aliphatic carbocycles. The van der Waals surface area contributed by atoms with Crippen LogP contribution in [0.2, 0.25) is 0 Å². The van der Waals surface area contributed by atoms with Gasteiger partial charge in [0.1, 0.15) is 14.1 Å². The third kappa shape index (κ3) is 9.17. The number of halogens is 6. The molecule has 1 aliphatic heterocycles. The summed E-state index contributed by atoms with van der Waals surface area (Å²) in [5, 5.41) is 0. The standard InChI is InChI=1S/C7H10NS4.F6P/c1-8(2)7-11-5-6(12-7)10-4-3-9-5;1-7(2,3,4,5)6/h3-4H2,1-2H3;/q+1;-1. The number of rotatable bonds is 0. The second-order valence-corrected chi connectivity index (χ2v) is 10.5. The average molecular weight is 381 g/mol. The van der Waals surface area contributed by atoms with E-state index in [0.717, 1.165) is 0 Å². The number of hydrogen-bond acceptors (Lipinski definition) is 4. The second-order valence-electron chi connectivity index (χ2n) is 3.59. The van der Waals surface area contributed by atoms with Gasteiger partial charge in [0.25, 0.3) is 0 Å². The second kappa shape index (κ2) is 5.08. The Labute approximate surface area is 122 Å². The van der Waals surface area contributed by atoms with Gasteiger partial charge in [-0.15, -0.1) is 23.5 Å². The summed E-state index contributed by atoms with van der Waals surface area (Å²) in [7, 11) is -6.43. The van der Waals surface area contributed by atoms with Gasteiger partial charge in [-0.1, -0.05) is 0 Å². The number of thioether (sulfide) groups is 2. The molecule has 0 N–H and O–H groups in total. The van der Waals surface area contributed by atoms with Crippen molar-refractivity contribution in [2.45, 2.75) is 8.42 Å². The van der Waals surface area contributed by atoms with Gasteiger partial charge in [-0.05, 0) is 22.7 Å². The van der Waals surface area contributed by atoms with Gasteiger partial charge in [0.2, 0.25) is 0 Å². The Morgan fingerprint density at radius 2 is 1.16 bits per heavy atom. The zero-order valence-electron chi connectivity index (χ0n) is 9.71. The van der Waals surface area contributed by atoms with Crippen LogP contribution in [0, 0.1) is 0 Å². The number of hydrogen-bond donors (Lipinski definition) is 0. The van der Waals surface area contributed by atoms with Crippen molar-refractivity contribution in [1.82, 2.24) is 4.58 Å². The molecule has 1 aromatic rings. The molecule has 0 spiro atoms. The molecule has 2 heterocycles. The van der Waals surface area contributed by atoms with Crippen molar-refractivity contribution in [3.05, 3.63) is 3.98 Å². The summed E-state index contributed by atoms with van der Waals surface area (Å²) < 4.78 is 65.9. The molecule has 0 saturated carbocycles. The van der Waals surface area contributed by atoms with Gasteiger partial charge in [0.15, 0.2) is 0 Å². The van der Waals surface area contributed by atoms with Crippen LogP contribution in [0.4, 0.5) is 25.2 Å². The van der Waals surface area contributed by atoms with Gasteiger partial charge in [0.05, 0.1) is 8.42 Å². The minimum atomic E-state index is -10.7. The van der Waals surface area contributed by atoms with Crippen LogP contribution in [0.5, 0.6) is 0 Å². The molecule has 0 aromatic carbocycles. The Morgan fingerprint density at radius 3 is 1.42 bits per heavy atom. The van der Waals surface area contributed by atoms with Gasteiger partial charge in [-0.2, -0.15) is 0 Å². The molecule has 1 aromatic heterocycles. The van der Waals surface area contributed by atoms with E-state index in [0.29, 0.717) is 0 Å². The molecule has 1 nitrogen and oxygen atoms in total. The number of fused-ring (bicyclic) bond motifs is 1. The molecule has 0 saturated heterocycles. The molecule has 2 rings (SSSR count). The summed E-state index contributed by atoms with van der Waals surface area (Å²) >= 11 is 7.88. The van der Waals surface area contributed by atoms with E-state index in [4.69, 9.17) is 0 Å². The van der Waals surface area contributed by atoms with Gasteiger partial charge in [-0.3, -0.25) is 0 Å². The fourth-order valence-electron chi connectivity index (χ4n) is 0.891. The van der Waals surface area contributed by atoms with E-state index in [-0.39, 0.29) is 0 Å². The van der Waals surface area contributed by atoms with Crippen LogP contribution in [-0.4, -0.2) is 25.6 Å². The monoisotopic (exact) mass is 381 g/mol. The van der Waals surface area contributed by atoms with Crippen molar-refractivity contribution >= 4 is 54.0 Å². The topological polar surface area (TPSA) is 3.01 Å². The summed E-state index contributed by atoms with van der Waals surface area (Å²) in [4.78, 5) is 0. The van der Waals surface area contributed by atoms with Crippen molar-refractivity contribution in [3.63, 3.8) is 0 Å². The van der Waals surface area contributed by atoms with Crippen LogP contribution in [0.3, 0.4) is 0 Å². The SMILES string of the molecule is C[N+](C)=c1sc2c(s1)SCCS2.F[P-](F)(F)(F)(F)F. The van der Waals surface area contributed by atoms with Gasteiger partial charge < -0.3 is 0 Å². The van der Waals surface area contributed by atoms with E-state index in [1.165, 1.54) is 23.9 Å². The predicted octanol–water partition coefficient (Wildman–Crippen LogP) is 5.42. The Bertz CT molecular complexity index is 487. The average Bonchev–Trinajstić information content (AvgIpc) is 2.55. The van der Waals surface area contributed by atoms with Crippen molar-refractivity contribution < 1.29 is 25.2 Å². The third-order valence-electron chi connectivity index (χ3n) is 1.44. The van der Waals surface area contributed by atoms with E-state index in [2.05, 4.69) is 18.7 Å². The molecule has 0 radical (unpaired) electrons. The minimum absolute atomic E-state index is 1.28. The third-order valence-corrected chi connectivity index (χ3v) is 7.53. The van der Waals surface area contributed by atoms with Crippen molar-refractivity contribution in [3.8, 4) is 0 Å². The van der Waals surface area contributed by atoms with Crippen LogP contribution in [0.1, 0.15) is 0 Å². The number of nitrogens with zero attached hydrogens (tertiary/aromatic N) is 1. The molecule has 114 valence electrons. The van der Waals surface area contributed by atoms with E-state index in [1.807, 2.05) is 46.2 Å². The maximum absolute atomic E-state index is 10.7. The Balaban J connectivity index is 0.000000224. The van der Waals surface area contributed by atoms with Gasteiger partial charge >= 0.3 is 37.0 Å². The van der Waals surface area contributed by atoms with Crippen LogP contribution in [0.15, 0.2) is 8.42 Å². The first-order chi connectivity index (χ1) is 8.22. The molecule has 12 heteroatoms. The van der Waals surface area contributed by atoms with Crippen molar-refractivity contribution in [2.75, 3.05) is 25.6 Å². The first-order valence-corrected chi connectivity index (χ1v) is 10.3. The van der Waals surface area contributed by atoms with Crippen LogP contribution < -0.4 is 8.56 Å². The normalized spacial score (nSPS) is 18.5. The summed E-state index contributed by atoms with van der Waals surface area (Å²) in [6.07, 6.45) is 0. The molecule has 0 amide bonds. The van der Waals surface area contributed by atoms with Crippen LogP contribution in [0.25, 0.3) is 0 Å². The van der Waals surface area contributed by atoms with Crippen LogP contribution >= 0.6 is 54.0 Å². The zero-order valence-corrected chi connectivity index (χ0v) is 13.9. The molecule has 0 unspecified atom stereocenters. The fourth-order valence-corrected chi connectivity index (χ4v) is 6.65. The molecule has 0 fully saturated rings. The summed E-state index contributed by atoms with van der Waals surface area (Å²) in [5.41, 5.74) is 0. The van der Waals surface area contributed by atoms with Crippen molar-refractivity contribution in [2.24, 2.45) is 0 Å². The van der Waals surface area contributed by atoms with E-state index >= 15 is 0 Å². The molecular formula is C7H10F6NPS4. The molecular weight excluding hydrogens is 371 g/mol. The molecule has 0 bridgehead atoms. The van der Waals surface area contributed by atoms with Gasteiger partial charge in [0, 0.05) is 11.5 Å². The summed E-state index contributed by atoms with van der Waals surface area (Å²) in [5.74, 6) is 2.55. The molecule has 0 atom stereocenters. The first-order valence-electron chi connectivity index (χ1n) is 4.68. The van der Waals surface area contributed by atoms with E-state index in [1.54, 1.807) is 0 Å². The van der Waals surface area contributed by atoms with Gasteiger partial charge in [-0.25, -0.2) is 4.58 Å². The zero-order chi connectivity index (χ0) is 15.0. The first kappa shape index (κ1) is 17.6. The predicted molar refractivity (Wildman–Crippen MR) is 74.3 cm³/mol. The van der Waals surface area contributed by atoms with Crippen molar-refractivity contribution in [1.29, 1.82) is 0 Å².